The minimum absolute atomic E-state index is 0.990. The smallest absolute Gasteiger partial charge is 0.0466 e. The molecule has 19 heavy (non-hydrogen) atoms. The van der Waals surface area contributed by atoms with Crippen molar-refractivity contribution in [2.45, 2.75) is 104 Å². The van der Waals surface area contributed by atoms with Crippen molar-refractivity contribution in [1.82, 2.24) is 0 Å². The summed E-state index contributed by atoms with van der Waals surface area (Å²) in [5, 5.41) is 0. The van der Waals surface area contributed by atoms with E-state index in [1.165, 1.54) is 89.9 Å². The van der Waals surface area contributed by atoms with Crippen molar-refractivity contribution in [3.8, 4) is 0 Å². The molecule has 0 fully saturated rings. The molecule has 0 unspecified atom stereocenters. The number of rotatable bonds is 16. The van der Waals surface area contributed by atoms with Gasteiger partial charge >= 0.3 is 0 Å². The summed E-state index contributed by atoms with van der Waals surface area (Å²) in [6.07, 6.45) is 19.3. The van der Waals surface area contributed by atoms with Crippen molar-refractivity contribution in [3.63, 3.8) is 0 Å². The van der Waals surface area contributed by atoms with E-state index in [4.69, 9.17) is 4.74 Å². The van der Waals surface area contributed by atoms with Gasteiger partial charge in [0.25, 0.3) is 0 Å². The fourth-order valence-corrected chi connectivity index (χ4v) is 2.42. The Labute approximate surface area is 122 Å². The summed E-state index contributed by atoms with van der Waals surface area (Å²) in [7, 11) is 0. The third-order valence-electron chi connectivity index (χ3n) is 3.78. The van der Waals surface area contributed by atoms with Crippen LogP contribution in [0.5, 0.6) is 0 Å². The second-order valence-electron chi connectivity index (χ2n) is 5.86. The van der Waals surface area contributed by atoms with Crippen LogP contribution in [0.3, 0.4) is 0 Å². The summed E-state index contributed by atoms with van der Waals surface area (Å²) in [6, 6.07) is 0. The highest BCUT2D eigenvalue weighted by Gasteiger charge is 1.93. The van der Waals surface area contributed by atoms with Gasteiger partial charge in [0.1, 0.15) is 0 Å². The lowest BCUT2D eigenvalue weighted by molar-refractivity contribution is 0.125. The first-order valence-corrected chi connectivity index (χ1v) is 8.99. The average Bonchev–Trinajstić information content (AvgIpc) is 2.43. The Morgan fingerprint density at radius 1 is 0.421 bits per heavy atom. The molecule has 0 N–H and O–H groups in total. The van der Waals surface area contributed by atoms with Crippen molar-refractivity contribution >= 4 is 0 Å². The van der Waals surface area contributed by atoms with Gasteiger partial charge in [0.05, 0.1) is 0 Å². The van der Waals surface area contributed by atoms with Crippen LogP contribution in [0.25, 0.3) is 0 Å². The molecule has 1 nitrogen and oxygen atoms in total. The Balaban J connectivity index is 2.88. The van der Waals surface area contributed by atoms with Crippen LogP contribution in [0.4, 0.5) is 0 Å². The molecule has 0 amide bonds. The quantitative estimate of drug-likeness (QED) is 0.291. The summed E-state index contributed by atoms with van der Waals surface area (Å²) < 4.78 is 5.69. The molecule has 0 aliphatic carbocycles. The summed E-state index contributed by atoms with van der Waals surface area (Å²) in [5.74, 6) is 0. The number of hydrogen-bond acceptors (Lipinski definition) is 1. The highest BCUT2D eigenvalue weighted by atomic mass is 16.5. The van der Waals surface area contributed by atoms with Gasteiger partial charge in [-0.15, -0.1) is 0 Å². The first kappa shape index (κ1) is 19.0. The third kappa shape index (κ3) is 18.0. The molecule has 0 saturated carbocycles. The molecule has 0 saturated heterocycles. The monoisotopic (exact) mass is 270 g/mol. The summed E-state index contributed by atoms with van der Waals surface area (Å²) in [6.45, 7) is 6.53. The van der Waals surface area contributed by atoms with E-state index >= 15 is 0 Å². The van der Waals surface area contributed by atoms with Crippen LogP contribution in [0, 0.1) is 0 Å². The predicted molar refractivity (Wildman–Crippen MR) is 86.8 cm³/mol. The van der Waals surface area contributed by atoms with E-state index in [-0.39, 0.29) is 0 Å². The Hall–Kier alpha value is -0.0400. The Bertz CT molecular complexity index is 129. The van der Waals surface area contributed by atoms with E-state index in [0.29, 0.717) is 0 Å². The van der Waals surface area contributed by atoms with E-state index in [1.807, 2.05) is 0 Å². The SMILES string of the molecule is CCCCCCCCCOCCCCCCCCC. The first-order chi connectivity index (χ1) is 9.41. The number of unbranched alkanes of at least 4 members (excludes halogenated alkanes) is 12. The van der Waals surface area contributed by atoms with Gasteiger partial charge in [-0.05, 0) is 12.8 Å². The number of hydrogen-bond donors (Lipinski definition) is 0. The standard InChI is InChI=1S/C18H38O/c1-3-5-7-9-11-13-15-17-19-18-16-14-12-10-8-6-4-2/h3-18H2,1-2H3. The van der Waals surface area contributed by atoms with Crippen molar-refractivity contribution in [3.05, 3.63) is 0 Å². The van der Waals surface area contributed by atoms with Crippen LogP contribution >= 0.6 is 0 Å². The van der Waals surface area contributed by atoms with Gasteiger partial charge in [-0.25, -0.2) is 0 Å². The lowest BCUT2D eigenvalue weighted by Gasteiger charge is -2.04. The van der Waals surface area contributed by atoms with Crippen LogP contribution in [-0.2, 0) is 4.74 Å². The predicted octanol–water partition coefficient (Wildman–Crippen LogP) is 6.50. The summed E-state index contributed by atoms with van der Waals surface area (Å²) in [4.78, 5) is 0. The lowest BCUT2D eigenvalue weighted by Crippen LogP contribution is -1.97. The molecule has 0 aromatic heterocycles. The largest absolute Gasteiger partial charge is 0.381 e. The highest BCUT2D eigenvalue weighted by Crippen LogP contribution is 2.08. The molecule has 0 heterocycles. The summed E-state index contributed by atoms with van der Waals surface area (Å²) in [5.41, 5.74) is 0. The van der Waals surface area contributed by atoms with Gasteiger partial charge in [0.15, 0.2) is 0 Å². The van der Waals surface area contributed by atoms with Gasteiger partial charge in [-0.2, -0.15) is 0 Å². The molecule has 0 atom stereocenters. The van der Waals surface area contributed by atoms with Crippen molar-refractivity contribution in [1.29, 1.82) is 0 Å². The van der Waals surface area contributed by atoms with Crippen LogP contribution in [0.2, 0.25) is 0 Å². The van der Waals surface area contributed by atoms with Crippen molar-refractivity contribution in [2.24, 2.45) is 0 Å². The van der Waals surface area contributed by atoms with Gasteiger partial charge in [0.2, 0.25) is 0 Å². The minimum atomic E-state index is 0.990. The van der Waals surface area contributed by atoms with Crippen molar-refractivity contribution in [2.75, 3.05) is 13.2 Å². The maximum absolute atomic E-state index is 5.69. The zero-order valence-corrected chi connectivity index (χ0v) is 13.7. The third-order valence-corrected chi connectivity index (χ3v) is 3.78. The second-order valence-corrected chi connectivity index (χ2v) is 5.86. The Kier molecular flexibility index (Phi) is 17.9. The molecule has 0 aliphatic heterocycles. The molecule has 0 aliphatic rings. The maximum atomic E-state index is 5.69. The van der Waals surface area contributed by atoms with E-state index < -0.39 is 0 Å². The van der Waals surface area contributed by atoms with Crippen LogP contribution in [0.1, 0.15) is 104 Å². The Morgan fingerprint density at radius 3 is 1.11 bits per heavy atom. The molecule has 0 aromatic rings. The highest BCUT2D eigenvalue weighted by molar-refractivity contribution is 4.46. The summed E-state index contributed by atoms with van der Waals surface area (Å²) >= 11 is 0. The van der Waals surface area contributed by atoms with Crippen LogP contribution in [-0.4, -0.2) is 13.2 Å². The molecular weight excluding hydrogens is 232 g/mol. The average molecular weight is 271 g/mol. The van der Waals surface area contributed by atoms with E-state index in [1.54, 1.807) is 0 Å². The molecule has 0 aromatic carbocycles. The fraction of sp³-hybridized carbons (Fsp3) is 1.00. The van der Waals surface area contributed by atoms with Gasteiger partial charge in [-0.1, -0.05) is 90.9 Å². The topological polar surface area (TPSA) is 9.23 Å². The molecular formula is C18H38O. The minimum Gasteiger partial charge on any atom is -0.381 e. The van der Waals surface area contributed by atoms with Gasteiger partial charge in [-0.3, -0.25) is 0 Å². The lowest BCUT2D eigenvalue weighted by atomic mass is 10.1. The molecule has 116 valence electrons. The van der Waals surface area contributed by atoms with E-state index in [9.17, 15) is 0 Å². The zero-order chi connectivity index (χ0) is 14.0. The molecule has 1 heteroatoms. The Morgan fingerprint density at radius 2 is 0.737 bits per heavy atom. The fourth-order valence-electron chi connectivity index (χ4n) is 2.42. The van der Waals surface area contributed by atoms with E-state index in [0.717, 1.165) is 13.2 Å². The van der Waals surface area contributed by atoms with Crippen LogP contribution in [0.15, 0.2) is 0 Å². The normalized spacial score (nSPS) is 11.1. The van der Waals surface area contributed by atoms with Gasteiger partial charge < -0.3 is 4.74 Å². The molecule has 0 radical (unpaired) electrons. The van der Waals surface area contributed by atoms with Crippen LogP contribution < -0.4 is 0 Å². The number of ether oxygens (including phenoxy) is 1. The first-order valence-electron chi connectivity index (χ1n) is 8.99. The molecule has 0 bridgehead atoms. The maximum Gasteiger partial charge on any atom is 0.0466 e. The molecule has 0 spiro atoms. The van der Waals surface area contributed by atoms with Gasteiger partial charge in [0, 0.05) is 13.2 Å². The van der Waals surface area contributed by atoms with Crippen molar-refractivity contribution < 1.29 is 4.74 Å². The second kappa shape index (κ2) is 18.0. The molecule has 0 rings (SSSR count). The zero-order valence-electron chi connectivity index (χ0n) is 13.7. The van der Waals surface area contributed by atoms with E-state index in [2.05, 4.69) is 13.8 Å².